The number of nitrogens with two attached hydrogens (primary N) is 1. The van der Waals surface area contributed by atoms with E-state index in [4.69, 9.17) is 10.5 Å². The fourth-order valence-corrected chi connectivity index (χ4v) is 1.86. The molecule has 0 aliphatic heterocycles. The van der Waals surface area contributed by atoms with E-state index in [1.54, 1.807) is 6.92 Å². The van der Waals surface area contributed by atoms with Crippen molar-refractivity contribution in [2.45, 2.75) is 33.2 Å². The molecule has 2 unspecified atom stereocenters. The van der Waals surface area contributed by atoms with Gasteiger partial charge in [0.1, 0.15) is 6.04 Å². The van der Waals surface area contributed by atoms with E-state index in [-0.39, 0.29) is 11.9 Å². The summed E-state index contributed by atoms with van der Waals surface area (Å²) in [5, 5.41) is 0. The van der Waals surface area contributed by atoms with Crippen LogP contribution in [0.1, 0.15) is 27.2 Å². The normalized spacial score (nSPS) is 22.8. The average molecular weight is 209 g/mol. The minimum Gasteiger partial charge on any atom is -0.465 e. The van der Waals surface area contributed by atoms with Gasteiger partial charge < -0.3 is 10.5 Å². The molecule has 0 heterocycles. The SMILES string of the molecule is CCOC(=O)C(N)C1CC=C(C)C=C1C. The van der Waals surface area contributed by atoms with E-state index in [1.165, 1.54) is 5.57 Å². The maximum Gasteiger partial charge on any atom is 0.323 e. The molecule has 2 N–H and O–H groups in total. The van der Waals surface area contributed by atoms with Gasteiger partial charge in [0.05, 0.1) is 6.61 Å². The zero-order valence-electron chi connectivity index (χ0n) is 9.62. The first-order valence-corrected chi connectivity index (χ1v) is 5.33. The number of carbonyl (C=O) groups is 1. The van der Waals surface area contributed by atoms with E-state index >= 15 is 0 Å². The lowest BCUT2D eigenvalue weighted by atomic mass is 9.84. The Bertz CT molecular complexity index is 305. The largest absolute Gasteiger partial charge is 0.465 e. The van der Waals surface area contributed by atoms with Gasteiger partial charge in [0.2, 0.25) is 0 Å². The Labute approximate surface area is 91.0 Å². The van der Waals surface area contributed by atoms with Crippen LogP contribution in [0.4, 0.5) is 0 Å². The van der Waals surface area contributed by atoms with Crippen LogP contribution >= 0.6 is 0 Å². The highest BCUT2D eigenvalue weighted by Crippen LogP contribution is 2.26. The van der Waals surface area contributed by atoms with Crippen molar-refractivity contribution in [3.63, 3.8) is 0 Å². The molecule has 0 aromatic heterocycles. The zero-order valence-corrected chi connectivity index (χ0v) is 9.62. The van der Waals surface area contributed by atoms with Crippen LogP contribution in [0, 0.1) is 5.92 Å². The summed E-state index contributed by atoms with van der Waals surface area (Å²) in [5.74, 6) is -0.212. The van der Waals surface area contributed by atoms with Gasteiger partial charge in [-0.15, -0.1) is 0 Å². The van der Waals surface area contributed by atoms with Crippen molar-refractivity contribution in [2.75, 3.05) is 6.61 Å². The standard InChI is InChI=1S/C12H19NO2/c1-4-15-12(14)11(13)10-6-5-8(2)7-9(10)3/h5,7,10-11H,4,6,13H2,1-3H3. The number of allylic oxidation sites excluding steroid dienone is 3. The molecule has 84 valence electrons. The molecule has 1 aliphatic rings. The van der Waals surface area contributed by atoms with Crippen LogP contribution in [0.15, 0.2) is 23.3 Å². The van der Waals surface area contributed by atoms with Crippen molar-refractivity contribution in [3.8, 4) is 0 Å². The highest BCUT2D eigenvalue weighted by Gasteiger charge is 2.27. The Kier molecular flexibility index (Phi) is 4.09. The maximum absolute atomic E-state index is 11.5. The highest BCUT2D eigenvalue weighted by atomic mass is 16.5. The topological polar surface area (TPSA) is 52.3 Å². The molecule has 0 saturated carbocycles. The van der Waals surface area contributed by atoms with E-state index in [0.717, 1.165) is 12.0 Å². The quantitative estimate of drug-likeness (QED) is 0.721. The van der Waals surface area contributed by atoms with Gasteiger partial charge in [0.15, 0.2) is 0 Å². The summed E-state index contributed by atoms with van der Waals surface area (Å²) in [5.41, 5.74) is 8.27. The van der Waals surface area contributed by atoms with Gasteiger partial charge in [-0.3, -0.25) is 4.79 Å². The Morgan fingerprint density at radius 3 is 2.87 bits per heavy atom. The van der Waals surface area contributed by atoms with Crippen molar-refractivity contribution in [2.24, 2.45) is 11.7 Å². The third-order valence-corrected chi connectivity index (χ3v) is 2.73. The number of carbonyl (C=O) groups excluding carboxylic acids is 1. The summed E-state index contributed by atoms with van der Waals surface area (Å²) < 4.78 is 4.92. The van der Waals surface area contributed by atoms with E-state index in [0.29, 0.717) is 6.61 Å². The van der Waals surface area contributed by atoms with Gasteiger partial charge in [0.25, 0.3) is 0 Å². The number of hydrogen-bond acceptors (Lipinski definition) is 3. The monoisotopic (exact) mass is 209 g/mol. The van der Waals surface area contributed by atoms with E-state index in [1.807, 2.05) is 6.92 Å². The van der Waals surface area contributed by atoms with E-state index < -0.39 is 6.04 Å². The van der Waals surface area contributed by atoms with E-state index in [9.17, 15) is 4.79 Å². The first-order chi connectivity index (χ1) is 7.06. The molecule has 0 aromatic carbocycles. The predicted molar refractivity (Wildman–Crippen MR) is 60.2 cm³/mol. The summed E-state index contributed by atoms with van der Waals surface area (Å²) in [6, 6.07) is -0.537. The Hall–Kier alpha value is -1.09. The molecule has 3 nitrogen and oxygen atoms in total. The van der Waals surface area contributed by atoms with Crippen molar-refractivity contribution in [1.29, 1.82) is 0 Å². The molecule has 3 heteroatoms. The Balaban J connectivity index is 2.66. The van der Waals surface area contributed by atoms with Crippen LogP contribution in [-0.4, -0.2) is 18.6 Å². The van der Waals surface area contributed by atoms with Crippen LogP contribution < -0.4 is 5.73 Å². The van der Waals surface area contributed by atoms with Crippen LogP contribution in [0.3, 0.4) is 0 Å². The van der Waals surface area contributed by atoms with Gasteiger partial charge >= 0.3 is 5.97 Å². The van der Waals surface area contributed by atoms with Crippen molar-refractivity contribution in [3.05, 3.63) is 23.3 Å². The fraction of sp³-hybridized carbons (Fsp3) is 0.583. The lowest BCUT2D eigenvalue weighted by molar-refractivity contribution is -0.145. The fourth-order valence-electron chi connectivity index (χ4n) is 1.86. The van der Waals surface area contributed by atoms with Gasteiger partial charge in [-0.2, -0.15) is 0 Å². The summed E-state index contributed by atoms with van der Waals surface area (Å²) in [6.45, 7) is 6.24. The third kappa shape index (κ3) is 2.93. The lowest BCUT2D eigenvalue weighted by Crippen LogP contribution is -2.40. The summed E-state index contributed by atoms with van der Waals surface area (Å²) in [6.07, 6.45) is 5.01. The van der Waals surface area contributed by atoms with Crippen LogP contribution in [0.25, 0.3) is 0 Å². The minimum atomic E-state index is -0.537. The molecule has 2 atom stereocenters. The molecule has 0 aromatic rings. The maximum atomic E-state index is 11.5. The second-order valence-corrected chi connectivity index (χ2v) is 3.96. The van der Waals surface area contributed by atoms with Crippen LogP contribution in [0.2, 0.25) is 0 Å². The van der Waals surface area contributed by atoms with Crippen molar-refractivity contribution >= 4 is 5.97 Å². The second kappa shape index (κ2) is 5.12. The van der Waals surface area contributed by atoms with E-state index in [2.05, 4.69) is 19.1 Å². The van der Waals surface area contributed by atoms with Crippen molar-refractivity contribution < 1.29 is 9.53 Å². The molecule has 0 fully saturated rings. The second-order valence-electron chi connectivity index (χ2n) is 3.96. The number of rotatable bonds is 3. The Morgan fingerprint density at radius 2 is 2.33 bits per heavy atom. The zero-order chi connectivity index (χ0) is 11.4. The van der Waals surface area contributed by atoms with Crippen LogP contribution in [0.5, 0.6) is 0 Å². The number of esters is 1. The smallest absolute Gasteiger partial charge is 0.323 e. The average Bonchev–Trinajstić information content (AvgIpc) is 2.17. The van der Waals surface area contributed by atoms with Gasteiger partial charge in [-0.1, -0.05) is 23.3 Å². The first kappa shape index (κ1) is 12.0. The molecule has 0 bridgehead atoms. The molecule has 15 heavy (non-hydrogen) atoms. The number of ether oxygens (including phenoxy) is 1. The molecule has 0 radical (unpaired) electrons. The molecule has 1 rings (SSSR count). The molecule has 1 aliphatic carbocycles. The first-order valence-electron chi connectivity index (χ1n) is 5.33. The summed E-state index contributed by atoms with van der Waals surface area (Å²) in [7, 11) is 0. The molecular weight excluding hydrogens is 190 g/mol. The molecule has 0 amide bonds. The summed E-state index contributed by atoms with van der Waals surface area (Å²) in [4.78, 5) is 11.5. The lowest BCUT2D eigenvalue weighted by Gasteiger charge is -2.25. The third-order valence-electron chi connectivity index (χ3n) is 2.73. The predicted octanol–water partition coefficient (Wildman–Crippen LogP) is 1.79. The molecule has 0 spiro atoms. The van der Waals surface area contributed by atoms with Gasteiger partial charge in [-0.05, 0) is 27.2 Å². The minimum absolute atomic E-state index is 0.0905. The van der Waals surface area contributed by atoms with Crippen LogP contribution in [-0.2, 0) is 9.53 Å². The highest BCUT2D eigenvalue weighted by molar-refractivity contribution is 5.76. The van der Waals surface area contributed by atoms with Crippen molar-refractivity contribution in [1.82, 2.24) is 0 Å². The molecular formula is C12H19NO2. The summed E-state index contributed by atoms with van der Waals surface area (Å²) >= 11 is 0. The Morgan fingerprint density at radius 1 is 1.67 bits per heavy atom. The number of hydrogen-bond donors (Lipinski definition) is 1. The van der Waals surface area contributed by atoms with Gasteiger partial charge in [0, 0.05) is 5.92 Å². The molecule has 0 saturated heterocycles. The van der Waals surface area contributed by atoms with Gasteiger partial charge in [-0.25, -0.2) is 0 Å².